The summed E-state index contributed by atoms with van der Waals surface area (Å²) in [6.45, 7) is 2.53. The van der Waals surface area contributed by atoms with Crippen LogP contribution in [-0.2, 0) is 4.74 Å². The number of anilines is 1. The minimum Gasteiger partial charge on any atom is -0.474 e. The predicted molar refractivity (Wildman–Crippen MR) is 103 cm³/mol. The SMILES string of the molecule is COC[C@H](C)Nc1ncc2c(OC3CC(O)C3)ncc(-c3ccnnc3)c2n1. The minimum atomic E-state index is -0.298. The first-order valence-corrected chi connectivity index (χ1v) is 9.17. The number of hydrogen-bond donors (Lipinski definition) is 2. The molecule has 28 heavy (non-hydrogen) atoms. The first-order valence-electron chi connectivity index (χ1n) is 9.17. The molecule has 3 heterocycles. The summed E-state index contributed by atoms with van der Waals surface area (Å²) in [5.74, 6) is 0.964. The van der Waals surface area contributed by atoms with Gasteiger partial charge in [-0.2, -0.15) is 10.2 Å². The number of nitrogens with zero attached hydrogens (tertiary/aromatic N) is 5. The number of pyridine rings is 1. The second kappa shape index (κ2) is 7.99. The van der Waals surface area contributed by atoms with Crippen LogP contribution in [0.4, 0.5) is 5.95 Å². The van der Waals surface area contributed by atoms with Crippen LogP contribution in [0, 0.1) is 0 Å². The van der Waals surface area contributed by atoms with Gasteiger partial charge in [0, 0.05) is 49.5 Å². The Bertz CT molecular complexity index is 949. The number of hydrogen-bond acceptors (Lipinski definition) is 9. The summed E-state index contributed by atoms with van der Waals surface area (Å²) in [6.07, 6.45) is 7.59. The zero-order valence-corrected chi connectivity index (χ0v) is 15.7. The summed E-state index contributed by atoms with van der Waals surface area (Å²) in [5.41, 5.74) is 2.38. The Morgan fingerprint density at radius 3 is 2.79 bits per heavy atom. The summed E-state index contributed by atoms with van der Waals surface area (Å²) >= 11 is 0. The normalized spacial score (nSPS) is 19.8. The maximum absolute atomic E-state index is 9.51. The van der Waals surface area contributed by atoms with Gasteiger partial charge in [0.15, 0.2) is 0 Å². The summed E-state index contributed by atoms with van der Waals surface area (Å²) < 4.78 is 11.1. The van der Waals surface area contributed by atoms with Gasteiger partial charge in [0.2, 0.25) is 11.8 Å². The van der Waals surface area contributed by atoms with Gasteiger partial charge in [-0.15, -0.1) is 0 Å². The van der Waals surface area contributed by atoms with Gasteiger partial charge in [0.05, 0.1) is 36.0 Å². The van der Waals surface area contributed by atoms with Crippen molar-refractivity contribution >= 4 is 16.9 Å². The van der Waals surface area contributed by atoms with Crippen molar-refractivity contribution in [1.29, 1.82) is 0 Å². The lowest BCUT2D eigenvalue weighted by atomic mass is 9.92. The smallest absolute Gasteiger partial charge is 0.224 e. The van der Waals surface area contributed by atoms with E-state index in [4.69, 9.17) is 14.5 Å². The van der Waals surface area contributed by atoms with Crippen LogP contribution in [0.2, 0.25) is 0 Å². The molecule has 1 aliphatic carbocycles. The molecule has 2 N–H and O–H groups in total. The quantitative estimate of drug-likeness (QED) is 0.631. The fraction of sp³-hybridized carbons (Fsp3) is 0.421. The maximum Gasteiger partial charge on any atom is 0.224 e. The molecule has 4 rings (SSSR count). The zero-order valence-electron chi connectivity index (χ0n) is 15.7. The van der Waals surface area contributed by atoms with Crippen LogP contribution in [-0.4, -0.2) is 62.2 Å². The van der Waals surface area contributed by atoms with Gasteiger partial charge < -0.3 is 19.9 Å². The van der Waals surface area contributed by atoms with Gasteiger partial charge in [-0.1, -0.05) is 0 Å². The first kappa shape index (κ1) is 18.5. The minimum absolute atomic E-state index is 0.0429. The van der Waals surface area contributed by atoms with Crippen molar-refractivity contribution in [3.8, 4) is 17.0 Å². The van der Waals surface area contributed by atoms with Crippen molar-refractivity contribution in [1.82, 2.24) is 25.1 Å². The van der Waals surface area contributed by atoms with Gasteiger partial charge in [-0.3, -0.25) is 0 Å². The summed E-state index contributed by atoms with van der Waals surface area (Å²) in [7, 11) is 1.65. The van der Waals surface area contributed by atoms with Crippen molar-refractivity contribution in [2.24, 2.45) is 0 Å². The van der Waals surface area contributed by atoms with Crippen LogP contribution in [0.3, 0.4) is 0 Å². The van der Waals surface area contributed by atoms with E-state index in [1.165, 1.54) is 0 Å². The molecule has 0 spiro atoms. The third-order valence-corrected chi connectivity index (χ3v) is 4.62. The number of aliphatic hydroxyl groups excluding tert-OH is 1. The second-order valence-corrected chi connectivity index (χ2v) is 6.93. The van der Waals surface area contributed by atoms with Gasteiger partial charge >= 0.3 is 0 Å². The molecule has 1 fully saturated rings. The molecular weight excluding hydrogens is 360 g/mol. The van der Waals surface area contributed by atoms with Crippen LogP contribution in [0.1, 0.15) is 19.8 Å². The van der Waals surface area contributed by atoms with Crippen molar-refractivity contribution < 1.29 is 14.6 Å². The second-order valence-electron chi connectivity index (χ2n) is 6.93. The molecular formula is C19H22N6O3. The number of ether oxygens (including phenoxy) is 2. The van der Waals surface area contributed by atoms with Crippen molar-refractivity contribution in [3.63, 3.8) is 0 Å². The molecule has 1 saturated carbocycles. The molecule has 3 aromatic heterocycles. The van der Waals surface area contributed by atoms with E-state index in [-0.39, 0.29) is 18.2 Å². The van der Waals surface area contributed by atoms with E-state index in [1.807, 2.05) is 13.0 Å². The molecule has 0 unspecified atom stereocenters. The molecule has 0 aliphatic heterocycles. The third-order valence-electron chi connectivity index (χ3n) is 4.62. The van der Waals surface area contributed by atoms with E-state index in [1.54, 1.807) is 31.9 Å². The predicted octanol–water partition coefficient (Wildman–Crippen LogP) is 1.83. The molecule has 3 aromatic rings. The number of methoxy groups -OCH3 is 1. The van der Waals surface area contributed by atoms with E-state index < -0.39 is 0 Å². The molecule has 1 atom stereocenters. The van der Waals surface area contributed by atoms with E-state index >= 15 is 0 Å². The standard InChI is InChI=1S/C19H22N6O3/c1-11(10-27-2)24-19-21-9-16-17(25-19)15(12-3-4-22-23-7-12)8-20-18(16)28-14-5-13(26)6-14/h3-4,7-9,11,13-14,26H,5-6,10H2,1-2H3,(H,21,24,25)/t11-,13?,14?/m0/s1. The number of rotatable bonds is 7. The molecule has 0 bridgehead atoms. The highest BCUT2D eigenvalue weighted by Gasteiger charge is 2.30. The number of fused-ring (bicyclic) bond motifs is 1. The van der Waals surface area contributed by atoms with E-state index in [0.717, 1.165) is 11.1 Å². The summed E-state index contributed by atoms with van der Waals surface area (Å²) in [5, 5.41) is 21.2. The van der Waals surface area contributed by atoms with E-state index in [2.05, 4.69) is 25.5 Å². The molecule has 0 aromatic carbocycles. The summed E-state index contributed by atoms with van der Waals surface area (Å²) in [4.78, 5) is 13.6. The Balaban J connectivity index is 1.74. The van der Waals surface area contributed by atoms with Crippen LogP contribution in [0.5, 0.6) is 5.88 Å². The highest BCUT2D eigenvalue weighted by atomic mass is 16.5. The van der Waals surface area contributed by atoms with Gasteiger partial charge in [0.1, 0.15) is 6.10 Å². The topological polar surface area (TPSA) is 115 Å². The largest absolute Gasteiger partial charge is 0.474 e. The highest BCUT2D eigenvalue weighted by Crippen LogP contribution is 2.34. The van der Waals surface area contributed by atoms with Crippen molar-refractivity contribution in [3.05, 3.63) is 30.9 Å². The fourth-order valence-electron chi connectivity index (χ4n) is 3.13. The van der Waals surface area contributed by atoms with Crippen LogP contribution in [0.15, 0.2) is 30.9 Å². The lowest BCUT2D eigenvalue weighted by Gasteiger charge is -2.31. The van der Waals surface area contributed by atoms with Gasteiger partial charge in [-0.25, -0.2) is 15.0 Å². The molecule has 0 radical (unpaired) electrons. The Labute approximate surface area is 162 Å². The Kier molecular flexibility index (Phi) is 5.27. The van der Waals surface area contributed by atoms with Gasteiger partial charge in [0.25, 0.3) is 0 Å². The van der Waals surface area contributed by atoms with Crippen molar-refractivity contribution in [2.45, 2.75) is 38.0 Å². The average molecular weight is 382 g/mol. The third kappa shape index (κ3) is 3.85. The molecule has 0 saturated heterocycles. The van der Waals surface area contributed by atoms with Crippen LogP contribution >= 0.6 is 0 Å². The Morgan fingerprint density at radius 1 is 1.21 bits per heavy atom. The molecule has 9 heteroatoms. The van der Waals surface area contributed by atoms with E-state index in [9.17, 15) is 5.11 Å². The molecule has 1 aliphatic rings. The monoisotopic (exact) mass is 382 g/mol. The first-order chi connectivity index (χ1) is 13.6. The van der Waals surface area contributed by atoms with Gasteiger partial charge in [-0.05, 0) is 13.0 Å². The zero-order chi connectivity index (χ0) is 19.5. The summed E-state index contributed by atoms with van der Waals surface area (Å²) in [6, 6.07) is 1.91. The average Bonchev–Trinajstić information content (AvgIpc) is 2.67. The van der Waals surface area contributed by atoms with Crippen LogP contribution < -0.4 is 10.1 Å². The van der Waals surface area contributed by atoms with Crippen LogP contribution in [0.25, 0.3) is 22.0 Å². The Morgan fingerprint density at radius 2 is 2.07 bits per heavy atom. The molecule has 9 nitrogen and oxygen atoms in total. The maximum atomic E-state index is 9.51. The number of aromatic nitrogens is 5. The highest BCUT2D eigenvalue weighted by molar-refractivity contribution is 5.95. The molecule has 146 valence electrons. The lowest BCUT2D eigenvalue weighted by Crippen LogP contribution is -2.37. The number of aliphatic hydroxyl groups is 1. The lowest BCUT2D eigenvalue weighted by molar-refractivity contribution is -0.0120. The molecule has 0 amide bonds. The van der Waals surface area contributed by atoms with E-state index in [0.29, 0.717) is 42.2 Å². The van der Waals surface area contributed by atoms with Crippen molar-refractivity contribution in [2.75, 3.05) is 19.0 Å². The fourth-order valence-corrected chi connectivity index (χ4v) is 3.13. The Hall–Kier alpha value is -2.91. The number of nitrogens with one attached hydrogen (secondary N) is 1.